The van der Waals surface area contributed by atoms with E-state index in [0.717, 1.165) is 23.5 Å². The summed E-state index contributed by atoms with van der Waals surface area (Å²) < 4.78 is 26.0. The molecule has 1 unspecified atom stereocenters. The SMILES string of the molecule is CCCCS(=O)(=O)N1CCCC1C(=O)NCc1csc(C)n1. The summed E-state index contributed by atoms with van der Waals surface area (Å²) in [5.41, 5.74) is 0.814. The van der Waals surface area contributed by atoms with Crippen molar-refractivity contribution in [2.24, 2.45) is 0 Å². The van der Waals surface area contributed by atoms with Gasteiger partial charge in [0.25, 0.3) is 0 Å². The van der Waals surface area contributed by atoms with Crippen molar-refractivity contribution < 1.29 is 13.2 Å². The first-order valence-corrected chi connectivity index (χ1v) is 10.1. The Balaban J connectivity index is 1.96. The van der Waals surface area contributed by atoms with Crippen molar-refractivity contribution in [1.29, 1.82) is 0 Å². The maximum atomic E-state index is 12.3. The highest BCUT2D eigenvalue weighted by Crippen LogP contribution is 2.22. The van der Waals surface area contributed by atoms with E-state index in [1.54, 1.807) is 0 Å². The van der Waals surface area contributed by atoms with Gasteiger partial charge in [-0.3, -0.25) is 4.79 Å². The Morgan fingerprint density at radius 3 is 2.95 bits per heavy atom. The summed E-state index contributed by atoms with van der Waals surface area (Å²) in [6, 6.07) is -0.568. The minimum atomic E-state index is -3.34. The second-order valence-electron chi connectivity index (χ2n) is 5.51. The average molecular weight is 345 g/mol. The minimum Gasteiger partial charge on any atom is -0.349 e. The van der Waals surface area contributed by atoms with Gasteiger partial charge in [-0.25, -0.2) is 13.4 Å². The number of hydrogen-bond acceptors (Lipinski definition) is 5. The fourth-order valence-corrected chi connectivity index (χ4v) is 5.06. The van der Waals surface area contributed by atoms with Crippen LogP contribution in [0.15, 0.2) is 5.38 Å². The van der Waals surface area contributed by atoms with Crippen LogP contribution in [0.1, 0.15) is 43.3 Å². The number of aryl methyl sites for hydroxylation is 1. The van der Waals surface area contributed by atoms with E-state index < -0.39 is 16.1 Å². The Kier molecular flexibility index (Phi) is 5.94. The monoisotopic (exact) mass is 345 g/mol. The molecule has 1 aliphatic heterocycles. The summed E-state index contributed by atoms with van der Waals surface area (Å²) in [6.07, 6.45) is 2.78. The predicted octanol–water partition coefficient (Wildman–Crippen LogP) is 1.66. The number of carbonyl (C=O) groups is 1. The highest BCUT2D eigenvalue weighted by Gasteiger charge is 2.37. The Bertz CT molecular complexity index is 613. The van der Waals surface area contributed by atoms with E-state index in [9.17, 15) is 13.2 Å². The molecule has 1 saturated heterocycles. The molecule has 1 atom stereocenters. The molecule has 0 bridgehead atoms. The molecule has 1 aromatic rings. The van der Waals surface area contributed by atoms with Crippen LogP contribution in [-0.2, 0) is 21.4 Å². The molecule has 0 radical (unpaired) electrons. The summed E-state index contributed by atoms with van der Waals surface area (Å²) in [6.45, 7) is 4.66. The molecule has 1 aliphatic rings. The van der Waals surface area contributed by atoms with Crippen LogP contribution in [0.4, 0.5) is 0 Å². The number of unbranched alkanes of at least 4 members (excludes halogenated alkanes) is 1. The van der Waals surface area contributed by atoms with Gasteiger partial charge in [-0.2, -0.15) is 4.31 Å². The van der Waals surface area contributed by atoms with Crippen LogP contribution in [0, 0.1) is 6.92 Å². The number of nitrogens with one attached hydrogen (secondary N) is 1. The number of carbonyl (C=O) groups excluding carboxylic acids is 1. The van der Waals surface area contributed by atoms with Crippen LogP contribution < -0.4 is 5.32 Å². The van der Waals surface area contributed by atoms with Crippen molar-refractivity contribution in [1.82, 2.24) is 14.6 Å². The lowest BCUT2D eigenvalue weighted by Crippen LogP contribution is -2.46. The van der Waals surface area contributed by atoms with E-state index >= 15 is 0 Å². The molecular formula is C14H23N3O3S2. The van der Waals surface area contributed by atoms with Gasteiger partial charge in [-0.05, 0) is 26.2 Å². The van der Waals surface area contributed by atoms with Crippen LogP contribution >= 0.6 is 11.3 Å². The number of nitrogens with zero attached hydrogens (tertiary/aromatic N) is 2. The molecule has 8 heteroatoms. The van der Waals surface area contributed by atoms with Gasteiger partial charge in [-0.15, -0.1) is 11.3 Å². The van der Waals surface area contributed by atoms with Gasteiger partial charge < -0.3 is 5.32 Å². The minimum absolute atomic E-state index is 0.124. The number of amides is 1. The highest BCUT2D eigenvalue weighted by atomic mass is 32.2. The van der Waals surface area contributed by atoms with Gasteiger partial charge in [0.2, 0.25) is 15.9 Å². The summed E-state index contributed by atoms with van der Waals surface area (Å²) in [4.78, 5) is 16.6. The largest absolute Gasteiger partial charge is 0.349 e. The number of thiazole rings is 1. The normalized spacial score (nSPS) is 19.5. The number of sulfonamides is 1. The molecule has 0 saturated carbocycles. The number of hydrogen-bond donors (Lipinski definition) is 1. The smallest absolute Gasteiger partial charge is 0.238 e. The molecule has 0 aromatic carbocycles. The Morgan fingerprint density at radius 1 is 1.55 bits per heavy atom. The maximum Gasteiger partial charge on any atom is 0.238 e. The molecule has 1 amide bonds. The van der Waals surface area contributed by atoms with Gasteiger partial charge in [0.05, 0.1) is 23.0 Å². The zero-order valence-corrected chi connectivity index (χ0v) is 14.7. The van der Waals surface area contributed by atoms with E-state index in [2.05, 4.69) is 10.3 Å². The van der Waals surface area contributed by atoms with Crippen molar-refractivity contribution in [3.05, 3.63) is 16.1 Å². The molecule has 2 heterocycles. The van der Waals surface area contributed by atoms with E-state index in [0.29, 0.717) is 25.9 Å². The van der Waals surface area contributed by atoms with Gasteiger partial charge in [0.15, 0.2) is 0 Å². The Hall–Kier alpha value is -0.990. The summed E-state index contributed by atoms with van der Waals surface area (Å²) in [5.74, 6) is -0.0957. The topological polar surface area (TPSA) is 79.4 Å². The van der Waals surface area contributed by atoms with E-state index in [4.69, 9.17) is 0 Å². The molecule has 22 heavy (non-hydrogen) atoms. The van der Waals surface area contributed by atoms with Crippen LogP contribution in [0.3, 0.4) is 0 Å². The van der Waals surface area contributed by atoms with Gasteiger partial charge in [0.1, 0.15) is 6.04 Å². The predicted molar refractivity (Wildman–Crippen MR) is 87.1 cm³/mol. The van der Waals surface area contributed by atoms with E-state index in [1.807, 2.05) is 19.2 Å². The molecule has 124 valence electrons. The van der Waals surface area contributed by atoms with Crippen LogP contribution in [-0.4, -0.2) is 42.0 Å². The van der Waals surface area contributed by atoms with Crippen molar-refractivity contribution >= 4 is 27.3 Å². The zero-order chi connectivity index (χ0) is 16.2. The van der Waals surface area contributed by atoms with E-state index in [1.165, 1.54) is 15.6 Å². The molecular weight excluding hydrogens is 322 g/mol. The third-order valence-electron chi connectivity index (χ3n) is 3.73. The molecule has 6 nitrogen and oxygen atoms in total. The molecule has 2 rings (SSSR count). The number of aromatic nitrogens is 1. The Labute approximate surface area is 136 Å². The highest BCUT2D eigenvalue weighted by molar-refractivity contribution is 7.89. The molecule has 1 aromatic heterocycles. The third kappa shape index (κ3) is 4.27. The van der Waals surface area contributed by atoms with Crippen molar-refractivity contribution in [2.45, 2.75) is 52.1 Å². The lowest BCUT2D eigenvalue weighted by atomic mass is 10.2. The fraction of sp³-hybridized carbons (Fsp3) is 0.714. The van der Waals surface area contributed by atoms with Crippen LogP contribution in [0.5, 0.6) is 0 Å². The first-order chi connectivity index (χ1) is 10.4. The van der Waals surface area contributed by atoms with Crippen molar-refractivity contribution in [2.75, 3.05) is 12.3 Å². The lowest BCUT2D eigenvalue weighted by Gasteiger charge is -2.23. The average Bonchev–Trinajstić information content (AvgIpc) is 3.11. The van der Waals surface area contributed by atoms with Gasteiger partial charge >= 0.3 is 0 Å². The van der Waals surface area contributed by atoms with Gasteiger partial charge in [-0.1, -0.05) is 13.3 Å². The third-order valence-corrected chi connectivity index (χ3v) is 6.51. The summed E-state index contributed by atoms with van der Waals surface area (Å²) >= 11 is 1.53. The molecule has 0 aliphatic carbocycles. The second kappa shape index (κ2) is 7.52. The number of rotatable bonds is 7. The first kappa shape index (κ1) is 17.4. The first-order valence-electron chi connectivity index (χ1n) is 7.62. The van der Waals surface area contributed by atoms with Crippen molar-refractivity contribution in [3.63, 3.8) is 0 Å². The molecule has 1 N–H and O–H groups in total. The quantitative estimate of drug-likeness (QED) is 0.815. The van der Waals surface area contributed by atoms with Crippen LogP contribution in [0.2, 0.25) is 0 Å². The Morgan fingerprint density at radius 2 is 2.32 bits per heavy atom. The summed E-state index contributed by atoms with van der Waals surface area (Å²) in [5, 5.41) is 5.67. The second-order valence-corrected chi connectivity index (χ2v) is 8.62. The van der Waals surface area contributed by atoms with Crippen molar-refractivity contribution in [3.8, 4) is 0 Å². The van der Waals surface area contributed by atoms with E-state index in [-0.39, 0.29) is 11.7 Å². The van der Waals surface area contributed by atoms with Gasteiger partial charge in [0, 0.05) is 11.9 Å². The lowest BCUT2D eigenvalue weighted by molar-refractivity contribution is -0.124. The molecule has 1 fully saturated rings. The maximum absolute atomic E-state index is 12.3. The standard InChI is InChI=1S/C14H23N3O3S2/c1-3-4-8-22(19,20)17-7-5-6-13(17)14(18)15-9-12-10-21-11(2)16-12/h10,13H,3-9H2,1-2H3,(H,15,18). The fourth-order valence-electron chi connectivity index (χ4n) is 2.56. The van der Waals surface area contributed by atoms with Crippen LogP contribution in [0.25, 0.3) is 0 Å². The molecule has 0 spiro atoms. The zero-order valence-electron chi connectivity index (χ0n) is 13.0. The summed E-state index contributed by atoms with van der Waals surface area (Å²) in [7, 11) is -3.34.